The lowest BCUT2D eigenvalue weighted by Gasteiger charge is -2.39. The Morgan fingerprint density at radius 1 is 0.340 bits per heavy atom. The van der Waals surface area contributed by atoms with Gasteiger partial charge < -0.3 is 4.74 Å². The number of benzene rings is 8. The summed E-state index contributed by atoms with van der Waals surface area (Å²) < 4.78 is 145. The van der Waals surface area contributed by atoms with E-state index in [0.29, 0.717) is 16.7 Å². The van der Waals surface area contributed by atoms with Crippen LogP contribution in [0.15, 0.2) is 194 Å². The fourth-order valence-corrected chi connectivity index (χ4v) is 7.40. The minimum Gasteiger partial charge on any atom is -0.457 e. The molecule has 0 bridgehead atoms. The summed E-state index contributed by atoms with van der Waals surface area (Å²) in [7, 11) is 0. The van der Waals surface area contributed by atoms with Gasteiger partial charge in [0.05, 0.1) is 26.0 Å². The van der Waals surface area contributed by atoms with Gasteiger partial charge in [0.25, 0.3) is 0 Å². The summed E-state index contributed by atoms with van der Waals surface area (Å²) >= 11 is 0. The quantitative estimate of drug-likeness (QED) is 0.184. The first-order valence-electron chi connectivity index (χ1n) is 23.6. The largest absolute Gasteiger partial charge is 0.457 e. The van der Waals surface area contributed by atoms with Crippen molar-refractivity contribution in [2.75, 3.05) is 0 Å². The van der Waals surface area contributed by atoms with E-state index in [1.165, 1.54) is 0 Å². The Morgan fingerprint density at radius 3 is 1.38 bits per heavy atom. The highest BCUT2D eigenvalue weighted by Crippen LogP contribution is 2.62. The predicted octanol–water partition coefficient (Wildman–Crippen LogP) is 12.8. The Balaban J connectivity index is 1.38. The monoisotopic (exact) mass is 651 g/mol. The van der Waals surface area contributed by atoms with Crippen LogP contribution >= 0.6 is 0 Å². The molecule has 0 saturated carbocycles. The first kappa shape index (κ1) is 17.3. The van der Waals surface area contributed by atoms with E-state index in [9.17, 15) is 11.0 Å². The van der Waals surface area contributed by atoms with Gasteiger partial charge in [-0.15, -0.1) is 0 Å². The molecule has 0 unspecified atom stereocenters. The number of ether oxygens (including phenoxy) is 1. The lowest BCUT2D eigenvalue weighted by Crippen LogP contribution is -2.32. The summed E-state index contributed by atoms with van der Waals surface area (Å²) in [6.07, 6.45) is 0. The smallest absolute Gasteiger partial charge is 0.132 e. The van der Waals surface area contributed by atoms with Crippen LogP contribution in [0, 0.1) is 0 Å². The molecule has 1 aliphatic carbocycles. The highest BCUT2D eigenvalue weighted by molar-refractivity contribution is 5.96. The van der Waals surface area contributed by atoms with Crippen LogP contribution in [0.4, 0.5) is 0 Å². The van der Waals surface area contributed by atoms with Gasteiger partial charge in [-0.1, -0.05) is 176 Å². The molecule has 10 rings (SSSR count). The number of rotatable bonds is 4. The summed E-state index contributed by atoms with van der Waals surface area (Å²) in [6, 6.07) is 21.7. The predicted molar refractivity (Wildman–Crippen MR) is 206 cm³/mol. The van der Waals surface area contributed by atoms with E-state index in [1.807, 2.05) is 84.9 Å². The lowest BCUT2D eigenvalue weighted by atomic mass is 9.65. The van der Waals surface area contributed by atoms with Crippen LogP contribution in [-0.2, 0) is 5.41 Å². The normalized spacial score (nSPS) is 17.3. The zero-order valence-electron chi connectivity index (χ0n) is 41.2. The first-order valence-corrected chi connectivity index (χ1v) is 16.1. The SMILES string of the molecule is [2H]c1c([2H])c([2H])c2c(c1[2H])Oc1c([2H])c([2H])c(-c3ccccc3-c3ccccc3-c3ccccc3-c3ccccc3)c([2H])c1C21c2c([2H])c([2H])c([2H])c([2H])c2-c2c([2H])c([2H])c([2H])c([2H])c21. The molecule has 0 atom stereocenters. The Bertz CT molecular complexity index is 3350. The zero-order chi connectivity index (χ0) is 46.1. The molecule has 0 N–H and O–H groups in total. The molecule has 0 saturated heterocycles. The van der Waals surface area contributed by atoms with Crippen LogP contribution in [0.1, 0.15) is 42.8 Å². The fourth-order valence-electron chi connectivity index (χ4n) is 7.40. The van der Waals surface area contributed by atoms with Crippen molar-refractivity contribution in [2.24, 2.45) is 0 Å². The Labute approximate surface area is 313 Å². The van der Waals surface area contributed by atoms with Gasteiger partial charge in [-0.25, -0.2) is 0 Å². The average molecular weight is 652 g/mol. The molecule has 8 aromatic rings. The van der Waals surface area contributed by atoms with Crippen LogP contribution in [0.2, 0.25) is 0 Å². The summed E-state index contributed by atoms with van der Waals surface area (Å²) in [5.41, 5.74) is 0.0178. The number of fused-ring (bicyclic) bond motifs is 9. The number of para-hydroxylation sites is 1. The summed E-state index contributed by atoms with van der Waals surface area (Å²) in [5.74, 6) is -1.14. The maximum Gasteiger partial charge on any atom is 0.132 e. The highest BCUT2D eigenvalue weighted by atomic mass is 16.5. The number of hydrogen-bond acceptors (Lipinski definition) is 1. The molecular weight excluding hydrogens is 605 g/mol. The van der Waals surface area contributed by atoms with E-state index in [0.717, 1.165) is 22.3 Å². The van der Waals surface area contributed by atoms with Crippen LogP contribution in [0.3, 0.4) is 0 Å². The summed E-state index contributed by atoms with van der Waals surface area (Å²) in [5, 5.41) is 0. The van der Waals surface area contributed by atoms with E-state index in [-0.39, 0.29) is 16.7 Å². The topological polar surface area (TPSA) is 9.23 Å². The van der Waals surface area contributed by atoms with Gasteiger partial charge in [0.1, 0.15) is 11.5 Å². The van der Waals surface area contributed by atoms with Gasteiger partial charge in [-0.2, -0.15) is 0 Å². The van der Waals surface area contributed by atoms with Gasteiger partial charge in [0, 0.05) is 11.1 Å². The Kier molecular flexibility index (Phi) is 3.92. The molecule has 234 valence electrons. The van der Waals surface area contributed by atoms with Crippen molar-refractivity contribution in [3.63, 3.8) is 0 Å². The molecule has 0 fully saturated rings. The van der Waals surface area contributed by atoms with Gasteiger partial charge >= 0.3 is 0 Å². The van der Waals surface area contributed by atoms with Crippen LogP contribution < -0.4 is 4.74 Å². The minimum atomic E-state index is -2.56. The zero-order valence-corrected chi connectivity index (χ0v) is 26.2. The maximum atomic E-state index is 10.3. The van der Waals surface area contributed by atoms with Gasteiger partial charge in [0.2, 0.25) is 0 Å². The molecule has 1 nitrogen and oxygen atoms in total. The fraction of sp³-hybridized carbons (Fsp3) is 0.0204. The van der Waals surface area contributed by atoms with E-state index >= 15 is 0 Å². The van der Waals surface area contributed by atoms with Crippen molar-refractivity contribution in [1.29, 1.82) is 0 Å². The van der Waals surface area contributed by atoms with Gasteiger partial charge in [-0.3, -0.25) is 0 Å². The molecule has 0 aromatic heterocycles. The third-order valence-corrected chi connectivity index (χ3v) is 9.48. The number of hydrogen-bond donors (Lipinski definition) is 0. The molecule has 1 spiro atoms. The van der Waals surface area contributed by atoms with Gasteiger partial charge in [-0.05, 0) is 84.9 Å². The standard InChI is InChI=1S/C49H32O/c1-2-16-33(17-3-1)35-18-4-6-20-37(35)39-22-8-9-23-40(39)38-21-7-5-19-36(38)34-30-31-48-46(32-34)49(45-28-14-15-29-47(45)50-48)43-26-12-10-24-41(43)42-25-11-13-27-44(42)49/h1-32H/i10D,11D,12D,13D,14D,15D,24D,25D,26D,27D,28D,29D,30D,31D,32D. The average Bonchev–Trinajstić information content (AvgIpc) is 3.63. The van der Waals surface area contributed by atoms with Crippen molar-refractivity contribution in [3.8, 4) is 67.1 Å². The molecule has 50 heavy (non-hydrogen) atoms. The van der Waals surface area contributed by atoms with Crippen LogP contribution in [0.5, 0.6) is 11.5 Å². The third-order valence-electron chi connectivity index (χ3n) is 9.48. The van der Waals surface area contributed by atoms with Crippen molar-refractivity contribution in [1.82, 2.24) is 0 Å². The second-order valence-corrected chi connectivity index (χ2v) is 12.0. The maximum absolute atomic E-state index is 10.3. The third kappa shape index (κ3) is 4.14. The molecule has 8 aromatic carbocycles. The Hall–Kier alpha value is -6.44. The Morgan fingerprint density at radius 2 is 0.780 bits per heavy atom. The first-order chi connectivity index (χ1) is 31.1. The molecule has 1 heterocycles. The summed E-state index contributed by atoms with van der Waals surface area (Å²) in [4.78, 5) is 0. The van der Waals surface area contributed by atoms with Crippen LogP contribution in [-0.4, -0.2) is 0 Å². The van der Waals surface area contributed by atoms with E-state index in [1.54, 1.807) is 18.2 Å². The summed E-state index contributed by atoms with van der Waals surface area (Å²) in [6.45, 7) is 0. The van der Waals surface area contributed by atoms with Crippen molar-refractivity contribution >= 4 is 0 Å². The molecule has 2 aliphatic rings. The van der Waals surface area contributed by atoms with Crippen molar-refractivity contribution < 1.29 is 25.3 Å². The van der Waals surface area contributed by atoms with E-state index in [2.05, 4.69) is 0 Å². The molecule has 1 aliphatic heterocycles. The van der Waals surface area contributed by atoms with E-state index in [4.69, 9.17) is 14.3 Å². The lowest BCUT2D eigenvalue weighted by molar-refractivity contribution is 0.436. The van der Waals surface area contributed by atoms with Crippen molar-refractivity contribution in [2.45, 2.75) is 5.41 Å². The molecular formula is C49H32O. The second kappa shape index (κ2) is 11.3. The molecule has 1 heteroatoms. The van der Waals surface area contributed by atoms with Gasteiger partial charge in [0.15, 0.2) is 0 Å². The molecule has 0 amide bonds. The minimum absolute atomic E-state index is 0.139. The van der Waals surface area contributed by atoms with Crippen molar-refractivity contribution in [3.05, 3.63) is 216 Å². The second-order valence-electron chi connectivity index (χ2n) is 12.0. The molecule has 0 radical (unpaired) electrons. The van der Waals surface area contributed by atoms with Crippen LogP contribution in [0.25, 0.3) is 55.6 Å². The van der Waals surface area contributed by atoms with E-state index < -0.39 is 130 Å². The highest BCUT2D eigenvalue weighted by Gasteiger charge is 2.51.